The molecule has 2 N–H and O–H groups in total. The first kappa shape index (κ1) is 23.0. The van der Waals surface area contributed by atoms with Crippen molar-refractivity contribution < 1.29 is 19.1 Å². The molecule has 8 nitrogen and oxygen atoms in total. The van der Waals surface area contributed by atoms with Crippen LogP contribution in [-0.2, 0) is 4.74 Å². The molecule has 8 heteroatoms. The molecule has 0 bridgehead atoms. The van der Waals surface area contributed by atoms with E-state index in [0.717, 1.165) is 5.56 Å². The summed E-state index contributed by atoms with van der Waals surface area (Å²) in [5.74, 6) is -1.08. The van der Waals surface area contributed by atoms with Crippen LogP contribution in [0, 0.1) is 5.92 Å². The van der Waals surface area contributed by atoms with Gasteiger partial charge in [0.25, 0.3) is 0 Å². The van der Waals surface area contributed by atoms with Crippen LogP contribution in [0.25, 0.3) is 11.0 Å². The van der Waals surface area contributed by atoms with E-state index >= 15 is 0 Å². The lowest BCUT2D eigenvalue weighted by atomic mass is 9.78. The summed E-state index contributed by atoms with van der Waals surface area (Å²) >= 11 is 0. The van der Waals surface area contributed by atoms with Gasteiger partial charge in [-0.3, -0.25) is 0 Å². The first-order valence-electron chi connectivity index (χ1n) is 10.2. The molecule has 0 aliphatic carbocycles. The smallest absolute Gasteiger partial charge is 0.427 e. The lowest BCUT2D eigenvalue weighted by Gasteiger charge is -2.30. The number of para-hydroxylation sites is 1. The zero-order valence-electron chi connectivity index (χ0n) is 18.5. The summed E-state index contributed by atoms with van der Waals surface area (Å²) in [6.45, 7) is 2.25. The highest BCUT2D eigenvalue weighted by Gasteiger charge is 2.34. The number of carbonyl (C=O) groups is 1. The third kappa shape index (κ3) is 4.97. The van der Waals surface area contributed by atoms with Crippen molar-refractivity contribution in [1.29, 1.82) is 0 Å². The fourth-order valence-corrected chi connectivity index (χ4v) is 3.82. The van der Waals surface area contributed by atoms with Gasteiger partial charge in [0.15, 0.2) is 0 Å². The fraction of sp³-hybridized carbons (Fsp3) is 0.292. The quantitative estimate of drug-likeness (QED) is 0.333. The fourth-order valence-electron chi connectivity index (χ4n) is 3.82. The Morgan fingerprint density at radius 1 is 1.16 bits per heavy atom. The van der Waals surface area contributed by atoms with Crippen LogP contribution in [-0.4, -0.2) is 49.6 Å². The molecule has 0 saturated carbocycles. The predicted molar refractivity (Wildman–Crippen MR) is 123 cm³/mol. The highest BCUT2D eigenvalue weighted by molar-refractivity contribution is 5.88. The van der Waals surface area contributed by atoms with Crippen molar-refractivity contribution in [3.05, 3.63) is 76.1 Å². The average molecular weight is 437 g/mol. The third-order valence-electron chi connectivity index (χ3n) is 5.30. The molecule has 0 aliphatic rings. The summed E-state index contributed by atoms with van der Waals surface area (Å²) in [7, 11) is 5.06. The number of hydrazone groups is 1. The molecule has 0 spiro atoms. The Morgan fingerprint density at radius 2 is 1.81 bits per heavy atom. The third-order valence-corrected chi connectivity index (χ3v) is 5.30. The number of ether oxygens (including phenoxy) is 1. The van der Waals surface area contributed by atoms with E-state index in [1.165, 1.54) is 7.11 Å². The van der Waals surface area contributed by atoms with E-state index in [9.17, 15) is 14.7 Å². The number of amides is 1. The van der Waals surface area contributed by atoms with Gasteiger partial charge in [-0.15, -0.1) is 0 Å². The first-order valence-corrected chi connectivity index (χ1v) is 10.2. The van der Waals surface area contributed by atoms with E-state index in [2.05, 4.69) is 15.3 Å². The van der Waals surface area contributed by atoms with Gasteiger partial charge in [-0.25, -0.2) is 15.0 Å². The van der Waals surface area contributed by atoms with Crippen LogP contribution in [0.5, 0.6) is 5.75 Å². The minimum absolute atomic E-state index is 0.122. The van der Waals surface area contributed by atoms with Crippen molar-refractivity contribution in [2.24, 2.45) is 11.0 Å². The first-order chi connectivity index (χ1) is 15.3. The van der Waals surface area contributed by atoms with Crippen LogP contribution < -0.4 is 11.1 Å². The highest BCUT2D eigenvalue weighted by Crippen LogP contribution is 2.39. The molecular formula is C24H27N3O5. The Bertz CT molecular complexity index is 1170. The average Bonchev–Trinajstić information content (AvgIpc) is 2.79. The predicted octanol–water partition coefficient (Wildman–Crippen LogP) is 3.54. The molecule has 0 radical (unpaired) electrons. The van der Waals surface area contributed by atoms with Gasteiger partial charge < -0.3 is 19.2 Å². The minimum atomic E-state index is -0.697. The van der Waals surface area contributed by atoms with E-state index < -0.39 is 17.6 Å². The number of fused-ring (bicyclic) bond motifs is 1. The number of hydrogen-bond donors (Lipinski definition) is 2. The molecule has 0 fully saturated rings. The lowest BCUT2D eigenvalue weighted by Crippen LogP contribution is -2.35. The zero-order valence-corrected chi connectivity index (χ0v) is 18.5. The second-order valence-electron chi connectivity index (χ2n) is 7.76. The van der Waals surface area contributed by atoms with Crippen LogP contribution in [0.1, 0.15) is 24.0 Å². The summed E-state index contributed by atoms with van der Waals surface area (Å²) in [5, 5.41) is 15.8. The SMILES string of the molecule is COC(=O)N/N=C(\C)[C@H](CN(C)C)[C@@H](c1ccccc1)c1c(O)c2ccccc2oc1=O. The summed E-state index contributed by atoms with van der Waals surface area (Å²) < 4.78 is 10.2. The molecule has 0 aliphatic heterocycles. The molecule has 1 aromatic heterocycles. The normalized spacial score (nSPS) is 13.7. The Hall–Kier alpha value is -3.65. The Kier molecular flexibility index (Phi) is 7.27. The number of rotatable bonds is 7. The number of methoxy groups -OCH3 is 1. The van der Waals surface area contributed by atoms with Gasteiger partial charge in [0.1, 0.15) is 11.3 Å². The number of hydrogen-bond acceptors (Lipinski definition) is 7. The molecule has 3 rings (SSSR count). The van der Waals surface area contributed by atoms with E-state index in [1.807, 2.05) is 49.3 Å². The molecule has 2 atom stereocenters. The van der Waals surface area contributed by atoms with E-state index in [4.69, 9.17) is 4.42 Å². The Morgan fingerprint density at radius 3 is 2.47 bits per heavy atom. The van der Waals surface area contributed by atoms with Gasteiger partial charge in [-0.05, 0) is 38.7 Å². The van der Waals surface area contributed by atoms with E-state index in [-0.39, 0.29) is 17.2 Å². The van der Waals surface area contributed by atoms with Crippen molar-refractivity contribution in [3.63, 3.8) is 0 Å². The van der Waals surface area contributed by atoms with Crippen molar-refractivity contribution in [3.8, 4) is 5.75 Å². The molecule has 2 aromatic carbocycles. The molecule has 3 aromatic rings. The summed E-state index contributed by atoms with van der Waals surface area (Å²) in [4.78, 5) is 26.6. The number of nitrogens with zero attached hydrogens (tertiary/aromatic N) is 2. The zero-order chi connectivity index (χ0) is 23.3. The molecular weight excluding hydrogens is 410 g/mol. The lowest BCUT2D eigenvalue weighted by molar-refractivity contribution is 0.171. The topological polar surface area (TPSA) is 104 Å². The van der Waals surface area contributed by atoms with Crippen LogP contribution in [0.3, 0.4) is 0 Å². The maximum Gasteiger partial charge on any atom is 0.427 e. The van der Waals surface area contributed by atoms with E-state index in [1.54, 1.807) is 31.2 Å². The Balaban J connectivity index is 2.25. The van der Waals surface area contributed by atoms with Crippen LogP contribution in [0.15, 0.2) is 68.9 Å². The Labute approximate surface area is 186 Å². The van der Waals surface area contributed by atoms with E-state index in [0.29, 0.717) is 23.2 Å². The molecule has 1 heterocycles. The largest absolute Gasteiger partial charge is 0.507 e. The number of benzene rings is 2. The summed E-state index contributed by atoms with van der Waals surface area (Å²) in [6.07, 6.45) is -0.697. The minimum Gasteiger partial charge on any atom is -0.507 e. The molecule has 0 saturated heterocycles. The van der Waals surface area contributed by atoms with Crippen LogP contribution >= 0.6 is 0 Å². The number of carbonyl (C=O) groups excluding carboxylic acids is 1. The van der Waals surface area contributed by atoms with Gasteiger partial charge in [0.2, 0.25) is 0 Å². The molecule has 1 amide bonds. The molecule has 168 valence electrons. The standard InChI is InChI=1S/C24H27N3O5/c1-15(25-26-24(30)31-4)18(14-27(2)3)20(16-10-6-5-7-11-16)21-22(28)17-12-8-9-13-19(17)32-23(21)29/h5-13,18,20,28H,14H2,1-4H3,(H,26,30)/b25-15+/t18-,20+/m0/s1. The van der Waals surface area contributed by atoms with Gasteiger partial charge >= 0.3 is 11.7 Å². The van der Waals surface area contributed by atoms with Crippen LogP contribution in [0.2, 0.25) is 0 Å². The molecule has 32 heavy (non-hydrogen) atoms. The molecule has 0 unspecified atom stereocenters. The monoisotopic (exact) mass is 437 g/mol. The summed E-state index contributed by atoms with van der Waals surface area (Å²) in [6, 6.07) is 16.3. The van der Waals surface area contributed by atoms with Gasteiger partial charge in [0.05, 0.1) is 18.1 Å². The maximum absolute atomic E-state index is 13.1. The highest BCUT2D eigenvalue weighted by atomic mass is 16.5. The van der Waals surface area contributed by atoms with Gasteiger partial charge in [-0.1, -0.05) is 42.5 Å². The van der Waals surface area contributed by atoms with Crippen molar-refractivity contribution in [1.82, 2.24) is 10.3 Å². The number of aromatic hydroxyl groups is 1. The number of nitrogens with one attached hydrogen (secondary N) is 1. The van der Waals surface area contributed by atoms with Crippen molar-refractivity contribution in [2.75, 3.05) is 27.7 Å². The van der Waals surface area contributed by atoms with Crippen LogP contribution in [0.4, 0.5) is 4.79 Å². The van der Waals surface area contributed by atoms with Gasteiger partial charge in [-0.2, -0.15) is 5.10 Å². The van der Waals surface area contributed by atoms with Crippen molar-refractivity contribution >= 4 is 22.8 Å². The maximum atomic E-state index is 13.1. The van der Waals surface area contributed by atoms with Gasteiger partial charge in [0, 0.05) is 24.1 Å². The second-order valence-corrected chi connectivity index (χ2v) is 7.76. The second kappa shape index (κ2) is 10.1. The summed E-state index contributed by atoms with van der Waals surface area (Å²) in [5.41, 5.74) is 3.56. The van der Waals surface area contributed by atoms with Crippen molar-refractivity contribution in [2.45, 2.75) is 12.8 Å².